The molecule has 0 aliphatic rings. The van der Waals surface area contributed by atoms with Gasteiger partial charge in [-0.3, -0.25) is 4.79 Å². The van der Waals surface area contributed by atoms with Gasteiger partial charge in [0, 0.05) is 13.1 Å². The summed E-state index contributed by atoms with van der Waals surface area (Å²) in [6.45, 7) is 5.50. The first-order chi connectivity index (χ1) is 10.6. The maximum Gasteiger partial charge on any atom is 0.176 e. The first kappa shape index (κ1) is 15.8. The molecule has 112 valence electrons. The van der Waals surface area contributed by atoms with Crippen molar-refractivity contribution in [3.05, 3.63) is 83.7 Å². The first-order valence-corrected chi connectivity index (χ1v) is 7.35. The third kappa shape index (κ3) is 3.95. The Morgan fingerprint density at radius 1 is 0.818 bits per heavy atom. The average molecular weight is 291 g/mol. The Morgan fingerprint density at radius 3 is 1.55 bits per heavy atom. The summed E-state index contributed by atoms with van der Waals surface area (Å²) >= 11 is 0. The number of rotatable bonds is 2. The number of aryl methyl sites for hydroxylation is 1. The SMILES string of the molecule is CC(=O)c1[nH]cc(C)c1C.c1ccc(-c2ccccc2)cc1. The Morgan fingerprint density at radius 2 is 1.27 bits per heavy atom. The number of aromatic nitrogens is 1. The van der Waals surface area contributed by atoms with Crippen LogP contribution in [0.4, 0.5) is 0 Å². The minimum absolute atomic E-state index is 0.102. The van der Waals surface area contributed by atoms with Crippen LogP contribution < -0.4 is 0 Å². The number of nitrogens with one attached hydrogen (secondary N) is 1. The zero-order valence-electron chi connectivity index (χ0n) is 13.3. The lowest BCUT2D eigenvalue weighted by Crippen LogP contribution is -1.94. The highest BCUT2D eigenvalue weighted by Crippen LogP contribution is 2.17. The molecular formula is C20H21NO. The van der Waals surface area contributed by atoms with Gasteiger partial charge >= 0.3 is 0 Å². The van der Waals surface area contributed by atoms with Crippen molar-refractivity contribution in [1.82, 2.24) is 4.98 Å². The van der Waals surface area contributed by atoms with Gasteiger partial charge in [0.15, 0.2) is 5.78 Å². The molecule has 2 heteroatoms. The number of carbonyl (C=O) groups excluding carboxylic acids is 1. The molecule has 0 aliphatic heterocycles. The van der Waals surface area contributed by atoms with Crippen LogP contribution in [0.1, 0.15) is 28.5 Å². The van der Waals surface area contributed by atoms with Crippen molar-refractivity contribution in [2.75, 3.05) is 0 Å². The van der Waals surface area contributed by atoms with E-state index in [0.717, 1.165) is 16.8 Å². The number of hydrogen-bond donors (Lipinski definition) is 1. The first-order valence-electron chi connectivity index (χ1n) is 7.35. The number of hydrogen-bond acceptors (Lipinski definition) is 1. The van der Waals surface area contributed by atoms with Crippen molar-refractivity contribution in [1.29, 1.82) is 0 Å². The molecule has 0 spiro atoms. The van der Waals surface area contributed by atoms with Gasteiger partial charge in [-0.2, -0.15) is 0 Å². The molecule has 0 atom stereocenters. The van der Waals surface area contributed by atoms with Crippen molar-refractivity contribution in [3.8, 4) is 11.1 Å². The molecule has 3 aromatic rings. The van der Waals surface area contributed by atoms with Crippen LogP contribution in [-0.2, 0) is 0 Å². The summed E-state index contributed by atoms with van der Waals surface area (Å²) in [6, 6.07) is 20.8. The molecule has 0 amide bonds. The van der Waals surface area contributed by atoms with Crippen LogP contribution in [-0.4, -0.2) is 10.8 Å². The van der Waals surface area contributed by atoms with Crippen LogP contribution in [0.3, 0.4) is 0 Å². The van der Waals surface area contributed by atoms with Crippen molar-refractivity contribution < 1.29 is 4.79 Å². The minimum atomic E-state index is 0.102. The van der Waals surface area contributed by atoms with Crippen molar-refractivity contribution in [2.45, 2.75) is 20.8 Å². The van der Waals surface area contributed by atoms with E-state index in [2.05, 4.69) is 53.5 Å². The van der Waals surface area contributed by atoms with E-state index in [4.69, 9.17) is 0 Å². The fraction of sp³-hybridized carbons (Fsp3) is 0.150. The van der Waals surface area contributed by atoms with Gasteiger partial charge in [-0.05, 0) is 36.1 Å². The predicted octanol–water partition coefficient (Wildman–Crippen LogP) is 5.19. The van der Waals surface area contributed by atoms with E-state index in [9.17, 15) is 4.79 Å². The monoisotopic (exact) mass is 291 g/mol. The highest BCUT2D eigenvalue weighted by molar-refractivity contribution is 5.93. The molecule has 1 heterocycles. The number of benzene rings is 2. The van der Waals surface area contributed by atoms with Crippen LogP contribution >= 0.6 is 0 Å². The number of carbonyl (C=O) groups is 1. The lowest BCUT2D eigenvalue weighted by molar-refractivity contribution is 0.101. The Bertz CT molecular complexity index is 689. The molecule has 0 unspecified atom stereocenters. The number of ketones is 1. The molecule has 0 aliphatic carbocycles. The molecule has 2 aromatic carbocycles. The summed E-state index contributed by atoms with van der Waals surface area (Å²) in [7, 11) is 0. The summed E-state index contributed by atoms with van der Waals surface area (Å²) in [6.07, 6.45) is 1.85. The molecule has 0 radical (unpaired) electrons. The molecule has 0 saturated heterocycles. The molecule has 0 saturated carbocycles. The molecule has 0 bridgehead atoms. The maximum absolute atomic E-state index is 10.8. The standard InChI is InChI=1S/C12H10.C8H11NO/c1-3-7-11(8-4-1)12-9-5-2-6-10-12;1-5-4-9-8(6(5)2)7(3)10/h1-10H;4,9H,1-3H3. The van der Waals surface area contributed by atoms with Gasteiger partial charge in [0.25, 0.3) is 0 Å². The molecule has 3 rings (SSSR count). The summed E-state index contributed by atoms with van der Waals surface area (Å²) in [5.74, 6) is 0.102. The van der Waals surface area contributed by atoms with E-state index in [1.165, 1.54) is 11.1 Å². The van der Waals surface area contributed by atoms with E-state index >= 15 is 0 Å². The van der Waals surface area contributed by atoms with E-state index in [1.807, 2.05) is 32.2 Å². The van der Waals surface area contributed by atoms with Gasteiger partial charge in [0.1, 0.15) is 0 Å². The van der Waals surface area contributed by atoms with Crippen LogP contribution in [0.15, 0.2) is 66.9 Å². The quantitative estimate of drug-likeness (QED) is 0.648. The zero-order chi connectivity index (χ0) is 15.9. The van der Waals surface area contributed by atoms with E-state index in [1.54, 1.807) is 6.92 Å². The normalized spacial score (nSPS) is 9.77. The maximum atomic E-state index is 10.8. The van der Waals surface area contributed by atoms with Crippen LogP contribution in [0.5, 0.6) is 0 Å². The Hall–Kier alpha value is -2.61. The second kappa shape index (κ2) is 7.41. The Balaban J connectivity index is 0.000000164. The number of Topliss-reactive ketones (excluding diaryl/α,β-unsaturated/α-hetero) is 1. The molecular weight excluding hydrogens is 270 g/mol. The summed E-state index contributed by atoms with van der Waals surface area (Å²) < 4.78 is 0. The number of aromatic amines is 1. The summed E-state index contributed by atoms with van der Waals surface area (Å²) in [5, 5.41) is 0. The van der Waals surface area contributed by atoms with Gasteiger partial charge in [-0.1, -0.05) is 60.7 Å². The van der Waals surface area contributed by atoms with Gasteiger partial charge in [0.2, 0.25) is 0 Å². The van der Waals surface area contributed by atoms with Crippen LogP contribution in [0.25, 0.3) is 11.1 Å². The van der Waals surface area contributed by atoms with Crippen LogP contribution in [0.2, 0.25) is 0 Å². The highest BCUT2D eigenvalue weighted by Gasteiger charge is 2.06. The fourth-order valence-electron chi connectivity index (χ4n) is 2.22. The Kier molecular flexibility index (Phi) is 5.31. The second-order valence-electron chi connectivity index (χ2n) is 5.26. The van der Waals surface area contributed by atoms with Crippen molar-refractivity contribution in [3.63, 3.8) is 0 Å². The van der Waals surface area contributed by atoms with E-state index in [-0.39, 0.29) is 5.78 Å². The van der Waals surface area contributed by atoms with Gasteiger partial charge in [-0.25, -0.2) is 0 Å². The lowest BCUT2D eigenvalue weighted by Gasteiger charge is -1.98. The smallest absolute Gasteiger partial charge is 0.176 e. The van der Waals surface area contributed by atoms with Crippen molar-refractivity contribution in [2.24, 2.45) is 0 Å². The summed E-state index contributed by atoms with van der Waals surface area (Å²) in [5.41, 5.74) is 5.49. The largest absolute Gasteiger partial charge is 0.358 e. The van der Waals surface area contributed by atoms with Gasteiger partial charge in [0.05, 0.1) is 5.69 Å². The zero-order valence-corrected chi connectivity index (χ0v) is 13.3. The van der Waals surface area contributed by atoms with Crippen LogP contribution in [0, 0.1) is 13.8 Å². The fourth-order valence-corrected chi connectivity index (χ4v) is 2.22. The lowest BCUT2D eigenvalue weighted by atomic mass is 10.1. The number of H-pyrrole nitrogens is 1. The van der Waals surface area contributed by atoms with Gasteiger partial charge in [-0.15, -0.1) is 0 Å². The average Bonchev–Trinajstić information content (AvgIpc) is 2.89. The topological polar surface area (TPSA) is 32.9 Å². The third-order valence-electron chi connectivity index (χ3n) is 3.63. The molecule has 1 N–H and O–H groups in total. The molecule has 22 heavy (non-hydrogen) atoms. The predicted molar refractivity (Wildman–Crippen MR) is 92.1 cm³/mol. The molecule has 0 fully saturated rings. The van der Waals surface area contributed by atoms with E-state index < -0.39 is 0 Å². The van der Waals surface area contributed by atoms with Crippen molar-refractivity contribution >= 4 is 5.78 Å². The Labute approximate surface area is 131 Å². The minimum Gasteiger partial charge on any atom is -0.358 e. The highest BCUT2D eigenvalue weighted by atomic mass is 16.1. The van der Waals surface area contributed by atoms with Gasteiger partial charge < -0.3 is 4.98 Å². The third-order valence-corrected chi connectivity index (χ3v) is 3.63. The second-order valence-corrected chi connectivity index (χ2v) is 5.26. The van der Waals surface area contributed by atoms with E-state index in [0.29, 0.717) is 0 Å². The summed E-state index contributed by atoms with van der Waals surface area (Å²) in [4.78, 5) is 13.8. The molecule has 2 nitrogen and oxygen atoms in total. The molecule has 1 aromatic heterocycles.